The van der Waals surface area contributed by atoms with Crippen LogP contribution in [-0.2, 0) is 4.79 Å². The molecular formula is C14H12N2OS. The second kappa shape index (κ2) is 4.82. The van der Waals surface area contributed by atoms with Gasteiger partial charge >= 0.3 is 0 Å². The molecule has 0 bridgehead atoms. The summed E-state index contributed by atoms with van der Waals surface area (Å²) in [5.41, 5.74) is 1.14. The second-order valence-corrected chi connectivity index (χ2v) is 5.09. The summed E-state index contributed by atoms with van der Waals surface area (Å²) in [6, 6.07) is 15.7. The molecule has 0 radical (unpaired) electrons. The van der Waals surface area contributed by atoms with Crippen LogP contribution in [0.15, 0.2) is 54.7 Å². The number of hydrogen-bond donors (Lipinski definition) is 0. The van der Waals surface area contributed by atoms with E-state index in [4.69, 9.17) is 0 Å². The van der Waals surface area contributed by atoms with Crippen molar-refractivity contribution in [2.24, 2.45) is 0 Å². The number of benzene rings is 1. The Morgan fingerprint density at radius 2 is 1.89 bits per heavy atom. The number of hydrogen-bond acceptors (Lipinski definition) is 3. The van der Waals surface area contributed by atoms with Crippen LogP contribution in [-0.4, -0.2) is 16.6 Å². The van der Waals surface area contributed by atoms with Crippen LogP contribution in [0, 0.1) is 0 Å². The number of aromatic nitrogens is 1. The van der Waals surface area contributed by atoms with Crippen LogP contribution < -0.4 is 4.90 Å². The lowest BCUT2D eigenvalue weighted by Gasteiger charge is -2.23. The Morgan fingerprint density at radius 1 is 1.11 bits per heavy atom. The fraction of sp³-hybridized carbons (Fsp3) is 0.143. The molecule has 1 aromatic heterocycles. The highest BCUT2D eigenvalue weighted by atomic mass is 32.2. The van der Waals surface area contributed by atoms with E-state index in [0.29, 0.717) is 5.75 Å². The highest BCUT2D eigenvalue weighted by Crippen LogP contribution is 2.40. The number of carbonyl (C=O) groups excluding carboxylic acids is 1. The van der Waals surface area contributed by atoms with E-state index >= 15 is 0 Å². The maximum atomic E-state index is 12.0. The lowest BCUT2D eigenvalue weighted by atomic mass is 10.2. The van der Waals surface area contributed by atoms with E-state index in [1.54, 1.807) is 22.9 Å². The van der Waals surface area contributed by atoms with Gasteiger partial charge in [0.2, 0.25) is 5.91 Å². The van der Waals surface area contributed by atoms with Gasteiger partial charge in [0.25, 0.3) is 0 Å². The Balaban J connectivity index is 1.98. The van der Waals surface area contributed by atoms with Gasteiger partial charge in [0, 0.05) is 6.20 Å². The van der Waals surface area contributed by atoms with Gasteiger partial charge in [-0.3, -0.25) is 9.69 Å². The van der Waals surface area contributed by atoms with Crippen molar-refractivity contribution in [1.82, 2.24) is 4.98 Å². The topological polar surface area (TPSA) is 33.2 Å². The lowest BCUT2D eigenvalue weighted by molar-refractivity contribution is -0.115. The summed E-state index contributed by atoms with van der Waals surface area (Å²) in [5.74, 6) is 1.35. The third kappa shape index (κ3) is 1.99. The molecule has 4 heteroatoms. The zero-order chi connectivity index (χ0) is 12.4. The molecule has 2 heterocycles. The normalized spacial score (nSPS) is 19.2. The van der Waals surface area contributed by atoms with Crippen LogP contribution in [0.1, 0.15) is 10.9 Å². The second-order valence-electron chi connectivity index (χ2n) is 4.03. The largest absolute Gasteiger partial charge is 0.279 e. The summed E-state index contributed by atoms with van der Waals surface area (Å²) >= 11 is 1.64. The van der Waals surface area contributed by atoms with Gasteiger partial charge in [-0.25, -0.2) is 4.98 Å². The van der Waals surface area contributed by atoms with Gasteiger partial charge in [-0.2, -0.15) is 0 Å². The SMILES string of the molecule is O=C1CS[C@@H](c2ccccc2)N1c1ccccn1. The zero-order valence-electron chi connectivity index (χ0n) is 9.69. The monoisotopic (exact) mass is 256 g/mol. The minimum absolute atomic E-state index is 0.0357. The van der Waals surface area contributed by atoms with Crippen LogP contribution in [0.2, 0.25) is 0 Å². The third-order valence-electron chi connectivity index (χ3n) is 2.85. The molecule has 1 amide bonds. The highest BCUT2D eigenvalue weighted by Gasteiger charge is 2.34. The average Bonchev–Trinajstić information content (AvgIpc) is 2.83. The van der Waals surface area contributed by atoms with Crippen molar-refractivity contribution in [3.8, 4) is 0 Å². The van der Waals surface area contributed by atoms with Gasteiger partial charge in [0.1, 0.15) is 11.2 Å². The van der Waals surface area contributed by atoms with Gasteiger partial charge in [-0.15, -0.1) is 11.8 Å². The minimum Gasteiger partial charge on any atom is -0.279 e. The Labute approximate surface area is 110 Å². The van der Waals surface area contributed by atoms with Crippen molar-refractivity contribution < 1.29 is 4.79 Å². The van der Waals surface area contributed by atoms with Gasteiger partial charge < -0.3 is 0 Å². The van der Waals surface area contributed by atoms with Crippen molar-refractivity contribution in [3.63, 3.8) is 0 Å². The summed E-state index contributed by atoms with van der Waals surface area (Å²) in [5, 5.41) is 0.0357. The van der Waals surface area contributed by atoms with E-state index < -0.39 is 0 Å². The molecule has 1 aliphatic rings. The van der Waals surface area contributed by atoms with E-state index in [0.717, 1.165) is 11.4 Å². The fourth-order valence-corrected chi connectivity index (χ4v) is 3.20. The molecule has 0 unspecified atom stereocenters. The van der Waals surface area contributed by atoms with E-state index in [1.807, 2.05) is 48.5 Å². The van der Waals surface area contributed by atoms with Gasteiger partial charge in [-0.05, 0) is 17.7 Å². The Kier molecular flexibility index (Phi) is 3.02. The first-order valence-electron chi connectivity index (χ1n) is 5.76. The molecule has 90 valence electrons. The molecule has 1 aromatic carbocycles. The summed E-state index contributed by atoms with van der Waals surface area (Å²) in [4.78, 5) is 18.1. The molecule has 3 nitrogen and oxygen atoms in total. The number of carbonyl (C=O) groups is 1. The molecule has 0 N–H and O–H groups in total. The summed E-state index contributed by atoms with van der Waals surface area (Å²) in [6.45, 7) is 0. The van der Waals surface area contributed by atoms with Crippen molar-refractivity contribution in [3.05, 3.63) is 60.3 Å². The maximum absolute atomic E-state index is 12.0. The number of nitrogens with zero attached hydrogens (tertiary/aromatic N) is 2. The molecule has 18 heavy (non-hydrogen) atoms. The molecule has 1 fully saturated rings. The number of thioether (sulfide) groups is 1. The minimum atomic E-state index is 0.0357. The third-order valence-corrected chi connectivity index (χ3v) is 4.06. The molecule has 1 aliphatic heterocycles. The van der Waals surface area contributed by atoms with E-state index in [2.05, 4.69) is 4.98 Å². The Morgan fingerprint density at radius 3 is 2.61 bits per heavy atom. The molecule has 1 atom stereocenters. The number of pyridine rings is 1. The van der Waals surface area contributed by atoms with Crippen molar-refractivity contribution in [2.75, 3.05) is 10.7 Å². The smallest absolute Gasteiger partial charge is 0.239 e. The van der Waals surface area contributed by atoms with Gasteiger partial charge in [0.15, 0.2) is 0 Å². The van der Waals surface area contributed by atoms with Crippen LogP contribution in [0.25, 0.3) is 0 Å². The predicted octanol–water partition coefficient (Wildman–Crippen LogP) is 2.86. The van der Waals surface area contributed by atoms with Crippen molar-refractivity contribution >= 4 is 23.5 Å². The molecule has 0 aliphatic carbocycles. The first-order chi connectivity index (χ1) is 8.86. The molecular weight excluding hydrogens is 244 g/mol. The van der Waals surface area contributed by atoms with Crippen LogP contribution in [0.3, 0.4) is 0 Å². The molecule has 1 saturated heterocycles. The number of amides is 1. The zero-order valence-corrected chi connectivity index (χ0v) is 10.5. The first kappa shape index (κ1) is 11.3. The Hall–Kier alpha value is -1.81. The van der Waals surface area contributed by atoms with Crippen molar-refractivity contribution in [2.45, 2.75) is 5.37 Å². The van der Waals surface area contributed by atoms with Gasteiger partial charge in [-0.1, -0.05) is 36.4 Å². The van der Waals surface area contributed by atoms with E-state index in [-0.39, 0.29) is 11.3 Å². The molecule has 0 spiro atoms. The summed E-state index contributed by atoms with van der Waals surface area (Å²) in [6.07, 6.45) is 1.72. The maximum Gasteiger partial charge on any atom is 0.239 e. The predicted molar refractivity (Wildman–Crippen MR) is 73.4 cm³/mol. The van der Waals surface area contributed by atoms with Crippen LogP contribution >= 0.6 is 11.8 Å². The van der Waals surface area contributed by atoms with Crippen LogP contribution in [0.4, 0.5) is 5.82 Å². The summed E-state index contributed by atoms with van der Waals surface area (Å²) in [7, 11) is 0. The van der Waals surface area contributed by atoms with E-state index in [9.17, 15) is 4.79 Å². The first-order valence-corrected chi connectivity index (χ1v) is 6.81. The van der Waals surface area contributed by atoms with Gasteiger partial charge in [0.05, 0.1) is 5.75 Å². The molecule has 3 rings (SSSR count). The van der Waals surface area contributed by atoms with Crippen molar-refractivity contribution in [1.29, 1.82) is 0 Å². The fourth-order valence-electron chi connectivity index (χ4n) is 2.03. The Bertz CT molecular complexity index is 544. The molecule has 2 aromatic rings. The number of anilines is 1. The quantitative estimate of drug-likeness (QED) is 0.828. The average molecular weight is 256 g/mol. The standard InChI is InChI=1S/C14H12N2OS/c17-13-10-18-14(11-6-2-1-3-7-11)16(13)12-8-4-5-9-15-12/h1-9,14H,10H2/t14-/m0/s1. The summed E-state index contributed by atoms with van der Waals surface area (Å²) < 4.78 is 0. The lowest BCUT2D eigenvalue weighted by Crippen LogP contribution is -2.28. The van der Waals surface area contributed by atoms with Crippen LogP contribution in [0.5, 0.6) is 0 Å². The molecule has 0 saturated carbocycles. The van der Waals surface area contributed by atoms with E-state index in [1.165, 1.54) is 0 Å². The number of rotatable bonds is 2. The highest BCUT2D eigenvalue weighted by molar-refractivity contribution is 8.00.